The number of benzene rings is 2. The van der Waals surface area contributed by atoms with Gasteiger partial charge in [-0.15, -0.1) is 0 Å². The van der Waals surface area contributed by atoms with Gasteiger partial charge in [0.15, 0.2) is 5.90 Å². The molecular weight excluding hydrogens is 392 g/mol. The maximum Gasteiger partial charge on any atom is 0.269 e. The van der Waals surface area contributed by atoms with Crippen molar-refractivity contribution in [2.75, 3.05) is 0 Å². The van der Waals surface area contributed by atoms with Crippen molar-refractivity contribution < 1.29 is 19.7 Å². The maximum atomic E-state index is 10.4. The predicted octanol–water partition coefficient (Wildman–Crippen LogP) is 4.75. The summed E-state index contributed by atoms with van der Waals surface area (Å²) in [7, 11) is 0. The van der Waals surface area contributed by atoms with E-state index in [1.807, 2.05) is 13.0 Å². The molecule has 2 aromatic carbocycles. The van der Waals surface area contributed by atoms with Crippen LogP contribution in [0.4, 0.5) is 11.4 Å². The zero-order valence-electron chi connectivity index (χ0n) is 16.1. The lowest BCUT2D eigenvalue weighted by atomic mass is 10.2. The van der Waals surface area contributed by atoms with Gasteiger partial charge >= 0.3 is 0 Å². The molecule has 10 nitrogen and oxygen atoms in total. The molecular formula is C20H26N4O6. The van der Waals surface area contributed by atoms with Crippen molar-refractivity contribution >= 4 is 17.3 Å². The van der Waals surface area contributed by atoms with Gasteiger partial charge in [0, 0.05) is 37.6 Å². The summed E-state index contributed by atoms with van der Waals surface area (Å²) >= 11 is 0. The molecule has 0 spiro atoms. The minimum Gasteiger partial charge on any atom is -0.477 e. The second-order valence-corrected chi connectivity index (χ2v) is 5.37. The van der Waals surface area contributed by atoms with E-state index in [2.05, 4.69) is 0 Å². The number of aliphatic hydroxyl groups is 1. The Morgan fingerprint density at radius 3 is 1.90 bits per heavy atom. The van der Waals surface area contributed by atoms with Crippen molar-refractivity contribution in [2.24, 2.45) is 0 Å². The highest BCUT2D eigenvalue weighted by Gasteiger charge is 2.05. The van der Waals surface area contributed by atoms with Crippen LogP contribution in [0, 0.1) is 37.0 Å². The predicted molar refractivity (Wildman–Crippen MR) is 113 cm³/mol. The number of non-ortho nitro benzene ring substituents is 2. The molecule has 0 bridgehead atoms. The lowest BCUT2D eigenvalue weighted by Crippen LogP contribution is -1.98. The van der Waals surface area contributed by atoms with Crippen molar-refractivity contribution in [1.82, 2.24) is 0 Å². The highest BCUT2D eigenvalue weighted by Crippen LogP contribution is 2.14. The fourth-order valence-electron chi connectivity index (χ4n) is 1.72. The van der Waals surface area contributed by atoms with Gasteiger partial charge in [0.25, 0.3) is 11.4 Å². The van der Waals surface area contributed by atoms with Crippen molar-refractivity contribution in [3.8, 4) is 6.07 Å². The summed E-state index contributed by atoms with van der Waals surface area (Å²) in [5.74, 6) is 0.0940. The maximum absolute atomic E-state index is 10.4. The molecule has 0 saturated carbocycles. The summed E-state index contributed by atoms with van der Waals surface area (Å²) in [5, 5.41) is 43.9. The van der Waals surface area contributed by atoms with Crippen LogP contribution >= 0.6 is 0 Å². The summed E-state index contributed by atoms with van der Waals surface area (Å²) in [6.07, 6.45) is 0.625. The van der Waals surface area contributed by atoms with Gasteiger partial charge in [0.05, 0.1) is 22.5 Å². The zero-order valence-corrected chi connectivity index (χ0v) is 16.1. The molecule has 0 heterocycles. The van der Waals surface area contributed by atoms with E-state index in [0.29, 0.717) is 17.5 Å². The van der Waals surface area contributed by atoms with Crippen LogP contribution in [-0.2, 0) is 18.0 Å². The third-order valence-electron chi connectivity index (χ3n) is 3.04. The first-order valence-electron chi connectivity index (χ1n) is 8.37. The van der Waals surface area contributed by atoms with Crippen LogP contribution in [0.25, 0.3) is 0 Å². The van der Waals surface area contributed by atoms with Gasteiger partial charge in [0.1, 0.15) is 6.61 Å². The first kappa shape index (κ1) is 28.4. The van der Waals surface area contributed by atoms with Gasteiger partial charge in [-0.05, 0) is 11.1 Å². The Balaban J connectivity index is 0. The summed E-state index contributed by atoms with van der Waals surface area (Å²) < 4.78 is 4.92. The minimum absolute atomic E-state index is 0. The molecule has 0 saturated heterocycles. The van der Waals surface area contributed by atoms with Crippen LogP contribution in [0.15, 0.2) is 48.5 Å². The first-order chi connectivity index (χ1) is 13.7. The number of nitro benzene ring substituents is 2. The van der Waals surface area contributed by atoms with Crippen molar-refractivity contribution in [3.05, 3.63) is 79.9 Å². The van der Waals surface area contributed by atoms with E-state index in [1.165, 1.54) is 31.2 Å². The summed E-state index contributed by atoms with van der Waals surface area (Å²) in [6, 6.07) is 14.0. The van der Waals surface area contributed by atoms with Crippen LogP contribution in [0.1, 0.15) is 38.8 Å². The standard InChI is InChI=1S/C9H10N2O3.C7H7NO3.C3H5N.CH4/c1-7(10)14-6-8-3-2-4-9(5-8)11(12)13;9-5-6-2-1-3-7(4-6)8(10)11;1-2-3-4;/h2-5,10H,6H2,1H3;1-4,9H,5H2;2H2,1H3;1H4. The fraction of sp³-hybridized carbons (Fsp3) is 0.300. The van der Waals surface area contributed by atoms with E-state index in [0.717, 1.165) is 0 Å². The van der Waals surface area contributed by atoms with Gasteiger partial charge in [-0.2, -0.15) is 5.26 Å². The smallest absolute Gasteiger partial charge is 0.269 e. The molecule has 0 aliphatic rings. The Bertz CT molecular complexity index is 864. The first-order valence-corrected chi connectivity index (χ1v) is 8.37. The SMILES string of the molecule is C.CC(=N)OCc1cccc([N+](=O)[O-])c1.CCC#N.O=[N+]([O-])c1cccc(CO)c1. The molecule has 0 unspecified atom stereocenters. The Labute approximate surface area is 175 Å². The third kappa shape index (κ3) is 12.5. The van der Waals surface area contributed by atoms with Crippen LogP contribution < -0.4 is 0 Å². The minimum atomic E-state index is -0.487. The summed E-state index contributed by atoms with van der Waals surface area (Å²) in [5.41, 5.74) is 1.29. The number of nitriles is 1. The number of aliphatic hydroxyl groups excluding tert-OH is 1. The Morgan fingerprint density at radius 2 is 1.53 bits per heavy atom. The number of nitro groups is 2. The number of nitrogens with one attached hydrogen (secondary N) is 1. The largest absolute Gasteiger partial charge is 0.477 e. The topological polar surface area (TPSA) is 163 Å². The molecule has 2 rings (SSSR count). The van der Waals surface area contributed by atoms with E-state index in [1.54, 1.807) is 24.3 Å². The molecule has 0 aliphatic heterocycles. The quantitative estimate of drug-likeness (QED) is 0.306. The van der Waals surface area contributed by atoms with Gasteiger partial charge in [-0.1, -0.05) is 38.6 Å². The summed E-state index contributed by atoms with van der Waals surface area (Å²) in [6.45, 7) is 3.36. The van der Waals surface area contributed by atoms with Crippen LogP contribution in [0.2, 0.25) is 0 Å². The highest BCUT2D eigenvalue weighted by atomic mass is 16.6. The number of rotatable bonds is 5. The zero-order chi connectivity index (χ0) is 22.2. The monoisotopic (exact) mass is 418 g/mol. The van der Waals surface area contributed by atoms with E-state index < -0.39 is 9.85 Å². The van der Waals surface area contributed by atoms with Gasteiger partial charge in [-0.3, -0.25) is 25.6 Å². The lowest BCUT2D eigenvalue weighted by Gasteiger charge is -2.02. The molecule has 0 atom stereocenters. The van der Waals surface area contributed by atoms with Crippen LogP contribution in [0.5, 0.6) is 0 Å². The second-order valence-electron chi connectivity index (χ2n) is 5.37. The fourth-order valence-corrected chi connectivity index (χ4v) is 1.72. The molecule has 0 fully saturated rings. The van der Waals surface area contributed by atoms with Crippen molar-refractivity contribution in [3.63, 3.8) is 0 Å². The molecule has 0 radical (unpaired) electrons. The molecule has 0 aliphatic carbocycles. The average molecular weight is 418 g/mol. The van der Waals surface area contributed by atoms with Gasteiger partial charge in [0.2, 0.25) is 0 Å². The van der Waals surface area contributed by atoms with E-state index >= 15 is 0 Å². The molecule has 2 N–H and O–H groups in total. The van der Waals surface area contributed by atoms with Crippen molar-refractivity contribution in [1.29, 1.82) is 10.7 Å². The molecule has 2 aromatic rings. The Kier molecular flexibility index (Phi) is 15.3. The van der Waals surface area contributed by atoms with E-state index in [-0.39, 0.29) is 37.9 Å². The number of hydrogen-bond acceptors (Lipinski definition) is 8. The second kappa shape index (κ2) is 16.1. The average Bonchev–Trinajstić information content (AvgIpc) is 2.73. The van der Waals surface area contributed by atoms with Crippen LogP contribution in [0.3, 0.4) is 0 Å². The number of ether oxygens (including phenoxy) is 1. The molecule has 162 valence electrons. The lowest BCUT2D eigenvalue weighted by molar-refractivity contribution is -0.385. The molecule has 10 heteroatoms. The molecule has 30 heavy (non-hydrogen) atoms. The van der Waals surface area contributed by atoms with Gasteiger partial charge < -0.3 is 9.84 Å². The van der Waals surface area contributed by atoms with Gasteiger partial charge in [-0.25, -0.2) is 0 Å². The number of nitrogens with zero attached hydrogens (tertiary/aromatic N) is 3. The van der Waals surface area contributed by atoms with E-state index in [4.69, 9.17) is 20.5 Å². The van der Waals surface area contributed by atoms with Crippen LogP contribution in [-0.4, -0.2) is 20.9 Å². The third-order valence-corrected chi connectivity index (χ3v) is 3.04. The molecule has 0 aromatic heterocycles. The van der Waals surface area contributed by atoms with E-state index in [9.17, 15) is 20.2 Å². The van der Waals surface area contributed by atoms with Crippen molar-refractivity contribution in [2.45, 2.75) is 40.9 Å². The Hall–Kier alpha value is -3.84. The normalized spacial score (nSPS) is 8.60. The number of hydrogen-bond donors (Lipinski definition) is 2. The summed E-state index contributed by atoms with van der Waals surface area (Å²) in [4.78, 5) is 19.7. The molecule has 0 amide bonds. The Morgan fingerprint density at radius 1 is 1.10 bits per heavy atom. The highest BCUT2D eigenvalue weighted by molar-refractivity contribution is 5.69.